The molecule has 1 saturated heterocycles. The Balaban J connectivity index is 1.67. The van der Waals surface area contributed by atoms with Gasteiger partial charge in [-0.15, -0.1) is 0 Å². The quantitative estimate of drug-likeness (QED) is 0.850. The van der Waals surface area contributed by atoms with Gasteiger partial charge in [0.15, 0.2) is 11.0 Å². The molecule has 0 aliphatic carbocycles. The van der Waals surface area contributed by atoms with Gasteiger partial charge in [-0.2, -0.15) is 0 Å². The molecule has 116 valence electrons. The van der Waals surface area contributed by atoms with Crippen molar-refractivity contribution >= 4 is 23.2 Å². The molecule has 1 aromatic heterocycles. The fraction of sp³-hybridized carbons (Fsp3) is 0.267. The first-order chi connectivity index (χ1) is 10.5. The molecule has 4 nitrogen and oxygen atoms in total. The first kappa shape index (κ1) is 14.8. The molecule has 1 aliphatic rings. The number of nitrogens with zero attached hydrogens (tertiary/aromatic N) is 2. The van der Waals surface area contributed by atoms with Crippen molar-refractivity contribution in [3.8, 4) is 0 Å². The van der Waals surface area contributed by atoms with Crippen molar-refractivity contribution in [2.24, 2.45) is 0 Å². The standard InChI is InChI=1S/C15H13ClF2N2O2/c16-14-4-3-13(22-14)15(21)20-7-5-19(6-8-20)12-9-10(17)1-2-11(12)18/h1-4,9H,5-8H2. The smallest absolute Gasteiger partial charge is 0.289 e. The van der Waals surface area contributed by atoms with Crippen molar-refractivity contribution in [2.45, 2.75) is 0 Å². The van der Waals surface area contributed by atoms with Gasteiger partial charge >= 0.3 is 0 Å². The molecule has 0 N–H and O–H groups in total. The van der Waals surface area contributed by atoms with Crippen LogP contribution >= 0.6 is 11.6 Å². The van der Waals surface area contributed by atoms with E-state index in [1.807, 2.05) is 0 Å². The Morgan fingerprint density at radius 3 is 2.45 bits per heavy atom. The number of piperazine rings is 1. The fourth-order valence-electron chi connectivity index (χ4n) is 2.46. The first-order valence-corrected chi connectivity index (χ1v) is 7.17. The second-order valence-corrected chi connectivity index (χ2v) is 5.35. The molecule has 1 amide bonds. The molecule has 2 aromatic rings. The Bertz CT molecular complexity index is 697. The van der Waals surface area contributed by atoms with E-state index in [0.717, 1.165) is 12.1 Å². The van der Waals surface area contributed by atoms with E-state index in [0.29, 0.717) is 26.2 Å². The molecule has 3 rings (SSSR count). The van der Waals surface area contributed by atoms with Crippen molar-refractivity contribution < 1.29 is 18.0 Å². The Hall–Kier alpha value is -2.08. The van der Waals surface area contributed by atoms with Crippen LogP contribution in [0.4, 0.5) is 14.5 Å². The van der Waals surface area contributed by atoms with Gasteiger partial charge in [0.1, 0.15) is 11.6 Å². The summed E-state index contributed by atoms with van der Waals surface area (Å²) in [7, 11) is 0. The molecule has 7 heteroatoms. The number of hydrogen-bond acceptors (Lipinski definition) is 3. The predicted molar refractivity (Wildman–Crippen MR) is 78.2 cm³/mol. The van der Waals surface area contributed by atoms with Crippen molar-refractivity contribution in [1.29, 1.82) is 0 Å². The third kappa shape index (κ3) is 2.92. The second kappa shape index (κ2) is 5.96. The van der Waals surface area contributed by atoms with Gasteiger partial charge < -0.3 is 14.2 Å². The Kier molecular flexibility index (Phi) is 4.02. The topological polar surface area (TPSA) is 36.7 Å². The fourth-order valence-corrected chi connectivity index (χ4v) is 2.61. The van der Waals surface area contributed by atoms with Crippen LogP contribution in [0.2, 0.25) is 5.22 Å². The molecule has 1 fully saturated rings. The number of rotatable bonds is 2. The van der Waals surface area contributed by atoms with E-state index in [1.54, 1.807) is 9.80 Å². The van der Waals surface area contributed by atoms with E-state index in [2.05, 4.69) is 0 Å². The molecule has 0 spiro atoms. The summed E-state index contributed by atoms with van der Waals surface area (Å²) in [5.74, 6) is -1.04. The third-order valence-corrected chi connectivity index (χ3v) is 3.80. The highest BCUT2D eigenvalue weighted by molar-refractivity contribution is 6.29. The molecule has 0 unspecified atom stereocenters. The number of hydrogen-bond donors (Lipinski definition) is 0. The minimum absolute atomic E-state index is 0.156. The van der Waals surface area contributed by atoms with E-state index in [9.17, 15) is 13.6 Å². The lowest BCUT2D eigenvalue weighted by molar-refractivity contribution is 0.0714. The molecule has 22 heavy (non-hydrogen) atoms. The minimum Gasteiger partial charge on any atom is -0.440 e. The minimum atomic E-state index is -0.486. The molecule has 1 aromatic carbocycles. The number of furan rings is 1. The van der Waals surface area contributed by atoms with E-state index in [-0.39, 0.29) is 22.6 Å². The molecular weight excluding hydrogens is 314 g/mol. The van der Waals surface area contributed by atoms with Gasteiger partial charge in [-0.3, -0.25) is 4.79 Å². The number of carbonyl (C=O) groups is 1. The maximum Gasteiger partial charge on any atom is 0.289 e. The number of carbonyl (C=O) groups excluding carboxylic acids is 1. The summed E-state index contributed by atoms with van der Waals surface area (Å²) in [4.78, 5) is 15.5. The lowest BCUT2D eigenvalue weighted by atomic mass is 10.2. The van der Waals surface area contributed by atoms with Crippen molar-refractivity contribution in [1.82, 2.24) is 4.90 Å². The van der Waals surface area contributed by atoms with Gasteiger partial charge in [0.05, 0.1) is 5.69 Å². The van der Waals surface area contributed by atoms with Crippen LogP contribution in [-0.2, 0) is 0 Å². The van der Waals surface area contributed by atoms with E-state index < -0.39 is 11.6 Å². The largest absolute Gasteiger partial charge is 0.440 e. The molecule has 0 radical (unpaired) electrons. The van der Waals surface area contributed by atoms with E-state index in [1.165, 1.54) is 18.2 Å². The van der Waals surface area contributed by atoms with Crippen molar-refractivity contribution in [3.05, 3.63) is 52.9 Å². The van der Waals surface area contributed by atoms with E-state index in [4.69, 9.17) is 16.0 Å². The highest BCUT2D eigenvalue weighted by atomic mass is 35.5. The Morgan fingerprint density at radius 2 is 1.82 bits per heavy atom. The zero-order valence-electron chi connectivity index (χ0n) is 11.6. The Labute approximate surface area is 130 Å². The van der Waals surface area contributed by atoms with Gasteiger partial charge in [-0.25, -0.2) is 8.78 Å². The molecule has 0 bridgehead atoms. The highest BCUT2D eigenvalue weighted by Gasteiger charge is 2.25. The summed E-state index contributed by atoms with van der Waals surface area (Å²) in [6, 6.07) is 6.38. The van der Waals surface area contributed by atoms with Crippen LogP contribution in [0.3, 0.4) is 0 Å². The molecule has 1 aliphatic heterocycles. The van der Waals surface area contributed by atoms with Crippen LogP contribution in [0.25, 0.3) is 0 Å². The summed E-state index contributed by atoms with van der Waals surface area (Å²) in [6.07, 6.45) is 0. The Morgan fingerprint density at radius 1 is 1.09 bits per heavy atom. The number of amides is 1. The summed E-state index contributed by atoms with van der Waals surface area (Å²) in [6.45, 7) is 1.63. The van der Waals surface area contributed by atoms with Gasteiger partial charge in [-0.1, -0.05) is 0 Å². The van der Waals surface area contributed by atoms with Crippen LogP contribution in [0, 0.1) is 11.6 Å². The average molecular weight is 327 g/mol. The van der Waals surface area contributed by atoms with Gasteiger partial charge in [-0.05, 0) is 35.9 Å². The first-order valence-electron chi connectivity index (χ1n) is 6.79. The van der Waals surface area contributed by atoms with Crippen molar-refractivity contribution in [2.75, 3.05) is 31.1 Å². The SMILES string of the molecule is O=C(c1ccc(Cl)o1)N1CCN(c2cc(F)ccc2F)CC1. The second-order valence-electron chi connectivity index (χ2n) is 4.98. The van der Waals surface area contributed by atoms with Crippen LogP contribution in [0.1, 0.15) is 10.6 Å². The summed E-state index contributed by atoms with van der Waals surface area (Å²) in [5.41, 5.74) is 0.216. The van der Waals surface area contributed by atoms with Crippen LogP contribution in [0.5, 0.6) is 0 Å². The number of anilines is 1. The van der Waals surface area contributed by atoms with Crippen LogP contribution < -0.4 is 4.90 Å². The number of halogens is 3. The molecule has 2 heterocycles. The lowest BCUT2D eigenvalue weighted by Gasteiger charge is -2.35. The lowest BCUT2D eigenvalue weighted by Crippen LogP contribution is -2.49. The van der Waals surface area contributed by atoms with Crippen LogP contribution in [0.15, 0.2) is 34.7 Å². The number of benzene rings is 1. The third-order valence-electron chi connectivity index (χ3n) is 3.60. The summed E-state index contributed by atoms with van der Waals surface area (Å²) < 4.78 is 32.1. The monoisotopic (exact) mass is 326 g/mol. The zero-order valence-corrected chi connectivity index (χ0v) is 12.3. The molecular formula is C15H13ClF2N2O2. The maximum absolute atomic E-state index is 13.8. The normalized spacial score (nSPS) is 15.2. The summed E-state index contributed by atoms with van der Waals surface area (Å²) >= 11 is 5.66. The van der Waals surface area contributed by atoms with Crippen molar-refractivity contribution in [3.63, 3.8) is 0 Å². The zero-order chi connectivity index (χ0) is 15.7. The summed E-state index contributed by atoms with van der Waals surface area (Å²) in [5, 5.41) is 0.156. The molecule has 0 saturated carbocycles. The van der Waals surface area contributed by atoms with E-state index >= 15 is 0 Å². The van der Waals surface area contributed by atoms with Crippen LogP contribution in [-0.4, -0.2) is 37.0 Å². The van der Waals surface area contributed by atoms with Gasteiger partial charge in [0, 0.05) is 32.2 Å². The predicted octanol–water partition coefficient (Wildman–Crippen LogP) is 3.17. The van der Waals surface area contributed by atoms with Gasteiger partial charge in [0.2, 0.25) is 0 Å². The maximum atomic E-state index is 13.8. The van der Waals surface area contributed by atoms with Gasteiger partial charge in [0.25, 0.3) is 5.91 Å². The average Bonchev–Trinajstić information content (AvgIpc) is 2.96. The highest BCUT2D eigenvalue weighted by Crippen LogP contribution is 2.23. The molecule has 0 atom stereocenters.